The monoisotopic (exact) mass is 338 g/mol. The quantitative estimate of drug-likeness (QED) is 0.514. The lowest BCUT2D eigenvalue weighted by atomic mass is 10.1. The number of nitrogens with zero attached hydrogens (tertiary/aromatic N) is 1. The van der Waals surface area contributed by atoms with E-state index in [2.05, 4.69) is 5.32 Å². The van der Waals surface area contributed by atoms with E-state index in [1.165, 1.54) is 48.5 Å². The Bertz CT molecular complexity index is 852. The minimum Gasteiger partial charge on any atom is -0.462 e. The molecule has 2 aromatic rings. The number of esters is 1. The minimum atomic E-state index is -0.629. The van der Waals surface area contributed by atoms with Crippen molar-refractivity contribution < 1.29 is 18.7 Å². The van der Waals surface area contributed by atoms with Gasteiger partial charge in [0.25, 0.3) is 5.91 Å². The van der Waals surface area contributed by atoms with Gasteiger partial charge in [0.05, 0.1) is 12.2 Å². The van der Waals surface area contributed by atoms with Crippen LogP contribution in [0, 0.1) is 17.1 Å². The van der Waals surface area contributed by atoms with Crippen molar-refractivity contribution in [3.63, 3.8) is 0 Å². The number of anilines is 1. The zero-order valence-corrected chi connectivity index (χ0v) is 13.5. The van der Waals surface area contributed by atoms with Crippen LogP contribution in [0.2, 0.25) is 0 Å². The summed E-state index contributed by atoms with van der Waals surface area (Å²) in [7, 11) is 0. The summed E-state index contributed by atoms with van der Waals surface area (Å²) < 4.78 is 18.0. The van der Waals surface area contributed by atoms with Crippen molar-refractivity contribution in [3.8, 4) is 6.07 Å². The lowest BCUT2D eigenvalue weighted by Crippen LogP contribution is -2.13. The molecule has 0 bridgehead atoms. The Labute approximate surface area is 144 Å². The molecule has 0 aromatic heterocycles. The number of carbonyl (C=O) groups is 2. The van der Waals surface area contributed by atoms with Crippen LogP contribution < -0.4 is 5.32 Å². The van der Waals surface area contributed by atoms with Gasteiger partial charge in [0.1, 0.15) is 17.5 Å². The third-order valence-electron chi connectivity index (χ3n) is 3.18. The van der Waals surface area contributed by atoms with Gasteiger partial charge in [0.2, 0.25) is 0 Å². The van der Waals surface area contributed by atoms with Gasteiger partial charge in [-0.05, 0) is 55.0 Å². The van der Waals surface area contributed by atoms with Crippen LogP contribution in [0.3, 0.4) is 0 Å². The first-order valence-electron chi connectivity index (χ1n) is 7.49. The number of rotatable bonds is 5. The van der Waals surface area contributed by atoms with Crippen LogP contribution >= 0.6 is 0 Å². The summed E-state index contributed by atoms with van der Waals surface area (Å²) in [6, 6.07) is 13.4. The smallest absolute Gasteiger partial charge is 0.338 e. The van der Waals surface area contributed by atoms with Crippen molar-refractivity contribution in [3.05, 3.63) is 71.0 Å². The average Bonchev–Trinajstić information content (AvgIpc) is 2.60. The lowest BCUT2D eigenvalue weighted by Gasteiger charge is -2.06. The molecule has 0 unspecified atom stereocenters. The third-order valence-corrected chi connectivity index (χ3v) is 3.18. The molecule has 0 saturated heterocycles. The molecule has 0 aliphatic carbocycles. The fourth-order valence-electron chi connectivity index (χ4n) is 2.01. The van der Waals surface area contributed by atoms with Gasteiger partial charge in [-0.1, -0.05) is 12.1 Å². The summed E-state index contributed by atoms with van der Waals surface area (Å²) in [5.41, 5.74) is 1.01. The van der Waals surface area contributed by atoms with E-state index < -0.39 is 17.7 Å². The highest BCUT2D eigenvalue weighted by molar-refractivity contribution is 6.09. The average molecular weight is 338 g/mol. The minimum absolute atomic E-state index is 0.167. The molecule has 0 fully saturated rings. The highest BCUT2D eigenvalue weighted by Crippen LogP contribution is 2.14. The number of halogens is 1. The molecule has 0 atom stereocenters. The Morgan fingerprint density at radius 3 is 2.56 bits per heavy atom. The highest BCUT2D eigenvalue weighted by atomic mass is 19.1. The van der Waals surface area contributed by atoms with E-state index >= 15 is 0 Å². The molecule has 0 saturated carbocycles. The van der Waals surface area contributed by atoms with Crippen LogP contribution in [0.5, 0.6) is 0 Å². The zero-order valence-electron chi connectivity index (χ0n) is 13.5. The maximum absolute atomic E-state index is 13.2. The Morgan fingerprint density at radius 1 is 1.24 bits per heavy atom. The predicted octanol–water partition coefficient (Wildman–Crippen LogP) is 3.55. The van der Waals surface area contributed by atoms with Crippen molar-refractivity contribution >= 4 is 23.6 Å². The van der Waals surface area contributed by atoms with Gasteiger partial charge >= 0.3 is 5.97 Å². The molecule has 0 aliphatic heterocycles. The number of carbonyl (C=O) groups excluding carboxylic acids is 2. The van der Waals surface area contributed by atoms with E-state index in [1.807, 2.05) is 0 Å². The molecule has 25 heavy (non-hydrogen) atoms. The second-order valence-electron chi connectivity index (χ2n) is 4.98. The van der Waals surface area contributed by atoms with Gasteiger partial charge in [-0.25, -0.2) is 9.18 Å². The van der Waals surface area contributed by atoms with Crippen LogP contribution in [0.4, 0.5) is 10.1 Å². The van der Waals surface area contributed by atoms with Crippen molar-refractivity contribution in [1.82, 2.24) is 0 Å². The SMILES string of the molecule is CCOC(=O)c1ccc(NC(=O)/C(C#N)=C/c2cccc(F)c2)cc1. The van der Waals surface area contributed by atoms with Gasteiger partial charge in [-0.15, -0.1) is 0 Å². The summed E-state index contributed by atoms with van der Waals surface area (Å²) in [6.07, 6.45) is 1.30. The molecule has 2 rings (SSSR count). The Balaban J connectivity index is 2.12. The maximum Gasteiger partial charge on any atom is 0.338 e. The molecule has 1 amide bonds. The molecule has 126 valence electrons. The normalized spacial score (nSPS) is 10.7. The van der Waals surface area contributed by atoms with E-state index in [1.54, 1.807) is 19.1 Å². The lowest BCUT2D eigenvalue weighted by molar-refractivity contribution is -0.112. The topological polar surface area (TPSA) is 79.2 Å². The molecular weight excluding hydrogens is 323 g/mol. The standard InChI is InChI=1S/C19H15FN2O3/c1-2-25-19(24)14-6-8-17(9-7-14)22-18(23)15(12-21)10-13-4-3-5-16(20)11-13/h3-11H,2H2,1H3,(H,22,23)/b15-10+. The van der Waals surface area contributed by atoms with Gasteiger partial charge in [-0.3, -0.25) is 4.79 Å². The Morgan fingerprint density at radius 2 is 1.96 bits per heavy atom. The Hall–Kier alpha value is -3.46. The largest absolute Gasteiger partial charge is 0.462 e. The molecule has 0 heterocycles. The van der Waals surface area contributed by atoms with Crippen LogP contribution in [0.15, 0.2) is 54.1 Å². The summed E-state index contributed by atoms with van der Waals surface area (Å²) in [6.45, 7) is 1.98. The first-order chi connectivity index (χ1) is 12.0. The zero-order chi connectivity index (χ0) is 18.2. The van der Waals surface area contributed by atoms with E-state index in [0.717, 1.165) is 0 Å². The number of hydrogen-bond acceptors (Lipinski definition) is 4. The molecular formula is C19H15FN2O3. The Kier molecular flexibility index (Phi) is 6.02. The number of amides is 1. The maximum atomic E-state index is 13.2. The summed E-state index contributed by atoms with van der Waals surface area (Å²) in [5.74, 6) is -1.54. The molecule has 0 radical (unpaired) electrons. The van der Waals surface area contributed by atoms with Gasteiger partial charge in [-0.2, -0.15) is 5.26 Å². The summed E-state index contributed by atoms with van der Waals surface area (Å²) in [4.78, 5) is 23.7. The molecule has 0 spiro atoms. The van der Waals surface area contributed by atoms with Crippen molar-refractivity contribution in [1.29, 1.82) is 5.26 Å². The van der Waals surface area contributed by atoms with E-state index in [0.29, 0.717) is 16.8 Å². The number of ether oxygens (including phenoxy) is 1. The molecule has 5 nitrogen and oxygen atoms in total. The summed E-state index contributed by atoms with van der Waals surface area (Å²) >= 11 is 0. The summed E-state index contributed by atoms with van der Waals surface area (Å²) in [5, 5.41) is 11.7. The predicted molar refractivity (Wildman–Crippen MR) is 91.0 cm³/mol. The molecule has 6 heteroatoms. The van der Waals surface area contributed by atoms with Crippen LogP contribution in [-0.2, 0) is 9.53 Å². The fraction of sp³-hybridized carbons (Fsp3) is 0.105. The number of benzene rings is 2. The van der Waals surface area contributed by atoms with Gasteiger partial charge in [0.15, 0.2) is 0 Å². The molecule has 0 aliphatic rings. The molecule has 2 aromatic carbocycles. The van der Waals surface area contributed by atoms with Crippen molar-refractivity contribution in [2.45, 2.75) is 6.92 Å². The van der Waals surface area contributed by atoms with Gasteiger partial charge < -0.3 is 10.1 Å². The number of nitriles is 1. The van der Waals surface area contributed by atoms with Crippen molar-refractivity contribution in [2.75, 3.05) is 11.9 Å². The first kappa shape index (κ1) is 17.9. The second kappa shape index (κ2) is 8.41. The highest BCUT2D eigenvalue weighted by Gasteiger charge is 2.11. The number of nitrogens with one attached hydrogen (secondary N) is 1. The van der Waals surface area contributed by atoms with Crippen LogP contribution in [0.1, 0.15) is 22.8 Å². The van der Waals surface area contributed by atoms with Crippen LogP contribution in [0.25, 0.3) is 6.08 Å². The number of hydrogen-bond donors (Lipinski definition) is 1. The van der Waals surface area contributed by atoms with E-state index in [9.17, 15) is 14.0 Å². The fourth-order valence-corrected chi connectivity index (χ4v) is 2.01. The van der Waals surface area contributed by atoms with Gasteiger partial charge in [0, 0.05) is 5.69 Å². The molecule has 1 N–H and O–H groups in total. The third kappa shape index (κ3) is 5.01. The van der Waals surface area contributed by atoms with E-state index in [-0.39, 0.29) is 12.2 Å². The second-order valence-corrected chi connectivity index (χ2v) is 4.98. The van der Waals surface area contributed by atoms with Crippen molar-refractivity contribution in [2.24, 2.45) is 0 Å². The van der Waals surface area contributed by atoms with Crippen LogP contribution in [-0.4, -0.2) is 18.5 Å². The van der Waals surface area contributed by atoms with E-state index in [4.69, 9.17) is 10.00 Å². The first-order valence-corrected chi connectivity index (χ1v) is 7.49.